The van der Waals surface area contributed by atoms with E-state index in [4.69, 9.17) is 9.47 Å². The number of rotatable bonds is 8. The number of ether oxygens (including phenoxy) is 2. The molecule has 0 atom stereocenters. The van der Waals surface area contributed by atoms with Gasteiger partial charge >= 0.3 is 0 Å². The van der Waals surface area contributed by atoms with Gasteiger partial charge in [-0.2, -0.15) is 0 Å². The summed E-state index contributed by atoms with van der Waals surface area (Å²) in [7, 11) is 1.72. The predicted molar refractivity (Wildman–Crippen MR) is 69.0 cm³/mol. The van der Waals surface area contributed by atoms with Gasteiger partial charge in [0, 0.05) is 20.3 Å². The molecular weight excluding hydrogens is 270 g/mol. The Bertz CT molecular complexity index is 294. The standard InChI is InChI=1S/C12H18BrNO2/c1-15-9-4-7-14-8-10-16-12-6-3-2-5-11(12)13/h2-3,5-6,14H,4,7-10H2,1H3. The van der Waals surface area contributed by atoms with E-state index < -0.39 is 0 Å². The van der Waals surface area contributed by atoms with Crippen LogP contribution in [0.3, 0.4) is 0 Å². The van der Waals surface area contributed by atoms with Crippen LogP contribution in [0.2, 0.25) is 0 Å². The van der Waals surface area contributed by atoms with Crippen LogP contribution in [-0.4, -0.2) is 33.4 Å². The highest BCUT2D eigenvalue weighted by Gasteiger charge is 1.97. The lowest BCUT2D eigenvalue weighted by atomic mass is 10.3. The highest BCUT2D eigenvalue weighted by Crippen LogP contribution is 2.23. The van der Waals surface area contributed by atoms with Crippen molar-refractivity contribution in [3.05, 3.63) is 28.7 Å². The zero-order valence-electron chi connectivity index (χ0n) is 9.54. The van der Waals surface area contributed by atoms with Crippen molar-refractivity contribution in [3.8, 4) is 5.75 Å². The number of benzene rings is 1. The Morgan fingerprint density at radius 1 is 1.19 bits per heavy atom. The van der Waals surface area contributed by atoms with Crippen molar-refractivity contribution in [2.24, 2.45) is 0 Å². The minimum atomic E-state index is 0.676. The molecule has 4 heteroatoms. The highest BCUT2D eigenvalue weighted by atomic mass is 79.9. The van der Waals surface area contributed by atoms with E-state index in [1.165, 1.54) is 0 Å². The summed E-state index contributed by atoms with van der Waals surface area (Å²) in [5.41, 5.74) is 0. The average Bonchev–Trinajstić information content (AvgIpc) is 2.30. The molecule has 0 aliphatic carbocycles. The lowest BCUT2D eigenvalue weighted by molar-refractivity contribution is 0.193. The largest absolute Gasteiger partial charge is 0.491 e. The first-order chi connectivity index (χ1) is 7.84. The minimum absolute atomic E-state index is 0.676. The van der Waals surface area contributed by atoms with Crippen molar-refractivity contribution < 1.29 is 9.47 Å². The van der Waals surface area contributed by atoms with Crippen LogP contribution in [0.1, 0.15) is 6.42 Å². The Kier molecular flexibility index (Phi) is 7.21. The van der Waals surface area contributed by atoms with E-state index in [0.717, 1.165) is 36.3 Å². The number of halogens is 1. The molecule has 0 aliphatic heterocycles. The van der Waals surface area contributed by atoms with Crippen molar-refractivity contribution in [1.29, 1.82) is 0 Å². The molecular formula is C12H18BrNO2. The molecule has 1 aromatic carbocycles. The molecule has 0 aromatic heterocycles. The number of nitrogens with one attached hydrogen (secondary N) is 1. The van der Waals surface area contributed by atoms with Crippen LogP contribution in [0, 0.1) is 0 Å². The van der Waals surface area contributed by atoms with E-state index in [0.29, 0.717) is 6.61 Å². The SMILES string of the molecule is COCCCNCCOc1ccccc1Br. The van der Waals surface area contributed by atoms with E-state index in [1.54, 1.807) is 7.11 Å². The van der Waals surface area contributed by atoms with Crippen LogP contribution in [-0.2, 0) is 4.74 Å². The molecule has 1 N–H and O–H groups in total. The Morgan fingerprint density at radius 3 is 2.75 bits per heavy atom. The Labute approximate surface area is 105 Å². The molecule has 1 aromatic rings. The smallest absolute Gasteiger partial charge is 0.133 e. The molecule has 0 saturated heterocycles. The summed E-state index contributed by atoms with van der Waals surface area (Å²) in [6.45, 7) is 3.30. The third kappa shape index (κ3) is 5.49. The summed E-state index contributed by atoms with van der Waals surface area (Å²) in [5.74, 6) is 0.890. The topological polar surface area (TPSA) is 30.5 Å². The van der Waals surface area contributed by atoms with E-state index in [2.05, 4.69) is 21.2 Å². The van der Waals surface area contributed by atoms with Crippen LogP contribution in [0.25, 0.3) is 0 Å². The summed E-state index contributed by atoms with van der Waals surface area (Å²) in [6, 6.07) is 7.86. The molecule has 0 unspecified atom stereocenters. The molecule has 16 heavy (non-hydrogen) atoms. The summed E-state index contributed by atoms with van der Waals surface area (Å²) >= 11 is 3.44. The second kappa shape index (κ2) is 8.56. The summed E-state index contributed by atoms with van der Waals surface area (Å²) in [5, 5.41) is 3.29. The Balaban J connectivity index is 2.05. The zero-order chi connectivity index (χ0) is 11.6. The molecule has 0 saturated carbocycles. The normalized spacial score (nSPS) is 10.4. The molecule has 1 rings (SSSR count). The molecule has 0 aliphatic rings. The third-order valence-corrected chi connectivity index (χ3v) is 2.73. The van der Waals surface area contributed by atoms with Gasteiger partial charge < -0.3 is 14.8 Å². The molecule has 0 amide bonds. The van der Waals surface area contributed by atoms with Crippen LogP contribution < -0.4 is 10.1 Å². The van der Waals surface area contributed by atoms with Crippen LogP contribution >= 0.6 is 15.9 Å². The van der Waals surface area contributed by atoms with Crippen molar-refractivity contribution in [3.63, 3.8) is 0 Å². The van der Waals surface area contributed by atoms with Crippen molar-refractivity contribution in [1.82, 2.24) is 5.32 Å². The van der Waals surface area contributed by atoms with Crippen LogP contribution in [0.5, 0.6) is 5.75 Å². The van der Waals surface area contributed by atoms with Crippen LogP contribution in [0.15, 0.2) is 28.7 Å². The summed E-state index contributed by atoms with van der Waals surface area (Å²) in [6.07, 6.45) is 1.03. The van der Waals surface area contributed by atoms with E-state index in [-0.39, 0.29) is 0 Å². The first-order valence-corrected chi connectivity index (χ1v) is 6.21. The molecule has 0 heterocycles. The van der Waals surface area contributed by atoms with Gasteiger partial charge in [0.1, 0.15) is 12.4 Å². The average molecular weight is 288 g/mol. The van der Waals surface area contributed by atoms with Crippen molar-refractivity contribution in [2.75, 3.05) is 33.4 Å². The number of hydrogen-bond donors (Lipinski definition) is 1. The Morgan fingerprint density at radius 2 is 2.00 bits per heavy atom. The molecule has 0 fully saturated rings. The minimum Gasteiger partial charge on any atom is -0.491 e. The maximum atomic E-state index is 5.60. The van der Waals surface area contributed by atoms with Crippen molar-refractivity contribution >= 4 is 15.9 Å². The fourth-order valence-electron chi connectivity index (χ4n) is 1.26. The van der Waals surface area contributed by atoms with Gasteiger partial charge in [0.25, 0.3) is 0 Å². The second-order valence-corrected chi connectivity index (χ2v) is 4.23. The molecule has 0 bridgehead atoms. The van der Waals surface area contributed by atoms with E-state index >= 15 is 0 Å². The highest BCUT2D eigenvalue weighted by molar-refractivity contribution is 9.10. The zero-order valence-corrected chi connectivity index (χ0v) is 11.1. The number of methoxy groups -OCH3 is 1. The van der Waals surface area contributed by atoms with Crippen molar-refractivity contribution in [2.45, 2.75) is 6.42 Å². The first kappa shape index (κ1) is 13.5. The van der Waals surface area contributed by atoms with Crippen LogP contribution in [0.4, 0.5) is 0 Å². The van der Waals surface area contributed by atoms with Gasteiger partial charge in [-0.05, 0) is 41.0 Å². The maximum absolute atomic E-state index is 5.60. The quantitative estimate of drug-likeness (QED) is 0.745. The number of hydrogen-bond acceptors (Lipinski definition) is 3. The fraction of sp³-hybridized carbons (Fsp3) is 0.500. The van der Waals surface area contributed by atoms with Gasteiger partial charge in [-0.1, -0.05) is 12.1 Å². The number of para-hydroxylation sites is 1. The monoisotopic (exact) mass is 287 g/mol. The van der Waals surface area contributed by atoms with Gasteiger partial charge in [-0.25, -0.2) is 0 Å². The molecule has 0 radical (unpaired) electrons. The second-order valence-electron chi connectivity index (χ2n) is 3.38. The van der Waals surface area contributed by atoms with Gasteiger partial charge in [0.2, 0.25) is 0 Å². The molecule has 0 spiro atoms. The fourth-order valence-corrected chi connectivity index (χ4v) is 1.66. The lowest BCUT2D eigenvalue weighted by Gasteiger charge is -2.08. The summed E-state index contributed by atoms with van der Waals surface area (Å²) < 4.78 is 11.6. The predicted octanol–water partition coefficient (Wildman–Crippen LogP) is 2.45. The van der Waals surface area contributed by atoms with E-state index in [1.807, 2.05) is 24.3 Å². The summed E-state index contributed by atoms with van der Waals surface area (Å²) in [4.78, 5) is 0. The van der Waals surface area contributed by atoms with Gasteiger partial charge in [-0.3, -0.25) is 0 Å². The maximum Gasteiger partial charge on any atom is 0.133 e. The third-order valence-electron chi connectivity index (χ3n) is 2.08. The molecule has 90 valence electrons. The van der Waals surface area contributed by atoms with E-state index in [9.17, 15) is 0 Å². The molecule has 3 nitrogen and oxygen atoms in total. The lowest BCUT2D eigenvalue weighted by Crippen LogP contribution is -2.22. The van der Waals surface area contributed by atoms with Gasteiger partial charge in [0.15, 0.2) is 0 Å². The van der Waals surface area contributed by atoms with Gasteiger partial charge in [-0.15, -0.1) is 0 Å². The van der Waals surface area contributed by atoms with Gasteiger partial charge in [0.05, 0.1) is 4.47 Å². The first-order valence-electron chi connectivity index (χ1n) is 5.41. The Hall–Kier alpha value is -0.580.